The third-order valence-corrected chi connectivity index (χ3v) is 3.40. The first-order chi connectivity index (χ1) is 9.69. The minimum absolute atomic E-state index is 0.182. The molecule has 0 spiro atoms. The molecule has 1 aromatic heterocycles. The van der Waals surface area contributed by atoms with Gasteiger partial charge >= 0.3 is 0 Å². The molecule has 1 aliphatic carbocycles. The van der Waals surface area contributed by atoms with Crippen molar-refractivity contribution >= 4 is 23.1 Å². The van der Waals surface area contributed by atoms with Crippen LogP contribution in [0.15, 0.2) is 35.4 Å². The SMILES string of the molecule is N#Cc1ccc(Cl)cc1Nc1nccn(C2CC2)c1=O. The van der Waals surface area contributed by atoms with Crippen molar-refractivity contribution in [2.75, 3.05) is 5.32 Å². The highest BCUT2D eigenvalue weighted by atomic mass is 35.5. The van der Waals surface area contributed by atoms with E-state index in [0.717, 1.165) is 12.8 Å². The number of hydrogen-bond donors (Lipinski definition) is 1. The van der Waals surface area contributed by atoms with E-state index < -0.39 is 0 Å². The standard InChI is InChI=1S/C14H11ClN4O/c15-10-2-1-9(8-16)12(7-10)18-13-14(20)19(6-5-17-13)11-3-4-11/h1-2,5-7,11H,3-4H2,(H,17,18). The molecule has 0 unspecified atom stereocenters. The molecule has 1 N–H and O–H groups in total. The zero-order chi connectivity index (χ0) is 14.1. The van der Waals surface area contributed by atoms with E-state index in [0.29, 0.717) is 16.3 Å². The van der Waals surface area contributed by atoms with Crippen LogP contribution >= 0.6 is 11.6 Å². The Bertz CT molecular complexity index is 758. The average Bonchev–Trinajstić information content (AvgIpc) is 3.26. The number of nitrogens with zero attached hydrogens (tertiary/aromatic N) is 3. The van der Waals surface area contributed by atoms with Crippen molar-refractivity contribution in [1.82, 2.24) is 9.55 Å². The molecular weight excluding hydrogens is 276 g/mol. The van der Waals surface area contributed by atoms with Gasteiger partial charge in [0, 0.05) is 23.5 Å². The van der Waals surface area contributed by atoms with Gasteiger partial charge in [-0.3, -0.25) is 4.79 Å². The van der Waals surface area contributed by atoms with E-state index in [4.69, 9.17) is 16.9 Å². The molecule has 0 bridgehead atoms. The quantitative estimate of drug-likeness (QED) is 0.942. The van der Waals surface area contributed by atoms with Gasteiger partial charge in [0.1, 0.15) is 6.07 Å². The Hall–Kier alpha value is -2.32. The van der Waals surface area contributed by atoms with Crippen LogP contribution in [0.4, 0.5) is 11.5 Å². The van der Waals surface area contributed by atoms with Crippen molar-refractivity contribution in [1.29, 1.82) is 5.26 Å². The number of hydrogen-bond acceptors (Lipinski definition) is 4. The average molecular weight is 287 g/mol. The van der Waals surface area contributed by atoms with E-state index in [2.05, 4.69) is 16.4 Å². The Kier molecular flexibility index (Phi) is 3.17. The second-order valence-corrected chi connectivity index (χ2v) is 5.08. The van der Waals surface area contributed by atoms with Gasteiger partial charge in [-0.25, -0.2) is 4.98 Å². The highest BCUT2D eigenvalue weighted by Crippen LogP contribution is 2.33. The second kappa shape index (κ2) is 4.99. The predicted molar refractivity (Wildman–Crippen MR) is 76.2 cm³/mol. The van der Waals surface area contributed by atoms with E-state index in [9.17, 15) is 4.79 Å². The maximum absolute atomic E-state index is 12.3. The zero-order valence-corrected chi connectivity index (χ0v) is 11.3. The van der Waals surface area contributed by atoms with E-state index in [-0.39, 0.29) is 17.4 Å². The smallest absolute Gasteiger partial charge is 0.293 e. The molecule has 0 saturated heterocycles. The Morgan fingerprint density at radius 1 is 1.45 bits per heavy atom. The predicted octanol–water partition coefficient (Wildman–Crippen LogP) is 2.85. The summed E-state index contributed by atoms with van der Waals surface area (Å²) in [6.07, 6.45) is 5.31. The highest BCUT2D eigenvalue weighted by molar-refractivity contribution is 6.30. The molecule has 1 aromatic carbocycles. The second-order valence-electron chi connectivity index (χ2n) is 4.65. The number of nitrogens with one attached hydrogen (secondary N) is 1. The highest BCUT2D eigenvalue weighted by Gasteiger charge is 2.25. The lowest BCUT2D eigenvalue weighted by molar-refractivity contribution is 0.701. The Balaban J connectivity index is 2.00. The molecule has 5 nitrogen and oxygen atoms in total. The summed E-state index contributed by atoms with van der Waals surface area (Å²) in [6.45, 7) is 0. The largest absolute Gasteiger partial charge is 0.334 e. The summed E-state index contributed by atoms with van der Waals surface area (Å²) in [5.41, 5.74) is 0.717. The van der Waals surface area contributed by atoms with Crippen molar-refractivity contribution in [3.8, 4) is 6.07 Å². The summed E-state index contributed by atoms with van der Waals surface area (Å²) in [5, 5.41) is 12.5. The number of aromatic nitrogens is 2. The molecular formula is C14H11ClN4O. The summed E-state index contributed by atoms with van der Waals surface area (Å²) >= 11 is 5.92. The zero-order valence-electron chi connectivity index (χ0n) is 10.5. The van der Waals surface area contributed by atoms with Gasteiger partial charge in [0.25, 0.3) is 5.56 Å². The van der Waals surface area contributed by atoms with Gasteiger partial charge in [-0.15, -0.1) is 0 Å². The summed E-state index contributed by atoms with van der Waals surface area (Å²) < 4.78 is 1.67. The van der Waals surface area contributed by atoms with Gasteiger partial charge in [-0.05, 0) is 31.0 Å². The first-order valence-corrected chi connectivity index (χ1v) is 6.60. The van der Waals surface area contributed by atoms with Crippen LogP contribution in [-0.2, 0) is 0 Å². The van der Waals surface area contributed by atoms with Crippen molar-refractivity contribution in [2.24, 2.45) is 0 Å². The van der Waals surface area contributed by atoms with Gasteiger partial charge < -0.3 is 9.88 Å². The molecule has 2 aromatic rings. The normalized spacial score (nSPS) is 13.8. The minimum Gasteiger partial charge on any atom is -0.334 e. The molecule has 3 rings (SSSR count). The fourth-order valence-corrected chi connectivity index (χ4v) is 2.17. The van der Waals surface area contributed by atoms with Crippen molar-refractivity contribution in [2.45, 2.75) is 18.9 Å². The number of anilines is 2. The van der Waals surface area contributed by atoms with E-state index in [1.54, 1.807) is 35.2 Å². The van der Waals surface area contributed by atoms with Crippen LogP contribution in [-0.4, -0.2) is 9.55 Å². The number of rotatable bonds is 3. The van der Waals surface area contributed by atoms with E-state index in [1.807, 2.05) is 0 Å². The lowest BCUT2D eigenvalue weighted by Gasteiger charge is -2.09. The molecule has 0 amide bonds. The van der Waals surface area contributed by atoms with Crippen LogP contribution in [0.1, 0.15) is 24.4 Å². The molecule has 1 heterocycles. The first-order valence-electron chi connectivity index (χ1n) is 6.23. The number of nitriles is 1. The summed E-state index contributed by atoms with van der Waals surface area (Å²) in [6, 6.07) is 7.18. The fourth-order valence-electron chi connectivity index (χ4n) is 2.00. The fraction of sp³-hybridized carbons (Fsp3) is 0.214. The van der Waals surface area contributed by atoms with Crippen LogP contribution in [0, 0.1) is 11.3 Å². The summed E-state index contributed by atoms with van der Waals surface area (Å²) in [7, 11) is 0. The third kappa shape index (κ3) is 2.38. The van der Waals surface area contributed by atoms with Crippen LogP contribution < -0.4 is 10.9 Å². The summed E-state index contributed by atoms with van der Waals surface area (Å²) in [5.74, 6) is 0.207. The van der Waals surface area contributed by atoms with Gasteiger partial charge in [-0.1, -0.05) is 11.6 Å². The molecule has 1 fully saturated rings. The molecule has 1 aliphatic rings. The molecule has 20 heavy (non-hydrogen) atoms. The number of benzene rings is 1. The van der Waals surface area contributed by atoms with Gasteiger partial charge in [0.05, 0.1) is 11.3 Å². The molecule has 0 radical (unpaired) electrons. The molecule has 100 valence electrons. The minimum atomic E-state index is -0.182. The van der Waals surface area contributed by atoms with Crippen molar-refractivity contribution < 1.29 is 0 Å². The summed E-state index contributed by atoms with van der Waals surface area (Å²) in [4.78, 5) is 16.3. The van der Waals surface area contributed by atoms with Crippen molar-refractivity contribution in [3.63, 3.8) is 0 Å². The van der Waals surface area contributed by atoms with Crippen LogP contribution in [0.5, 0.6) is 0 Å². The van der Waals surface area contributed by atoms with Crippen molar-refractivity contribution in [3.05, 3.63) is 51.5 Å². The molecule has 0 atom stereocenters. The van der Waals surface area contributed by atoms with Crippen LogP contribution in [0.2, 0.25) is 5.02 Å². The van der Waals surface area contributed by atoms with E-state index in [1.165, 1.54) is 0 Å². The Morgan fingerprint density at radius 2 is 2.25 bits per heavy atom. The third-order valence-electron chi connectivity index (χ3n) is 3.16. The lowest BCUT2D eigenvalue weighted by atomic mass is 10.2. The molecule has 1 saturated carbocycles. The topological polar surface area (TPSA) is 70.7 Å². The maximum atomic E-state index is 12.3. The maximum Gasteiger partial charge on any atom is 0.293 e. The Labute approximate surface area is 120 Å². The molecule has 0 aliphatic heterocycles. The van der Waals surface area contributed by atoms with Gasteiger partial charge in [0.15, 0.2) is 5.82 Å². The molecule has 6 heteroatoms. The van der Waals surface area contributed by atoms with E-state index >= 15 is 0 Å². The van der Waals surface area contributed by atoms with Crippen LogP contribution in [0.3, 0.4) is 0 Å². The van der Waals surface area contributed by atoms with Crippen LogP contribution in [0.25, 0.3) is 0 Å². The monoisotopic (exact) mass is 286 g/mol. The van der Waals surface area contributed by atoms with Gasteiger partial charge in [-0.2, -0.15) is 5.26 Å². The van der Waals surface area contributed by atoms with Gasteiger partial charge in [0.2, 0.25) is 0 Å². The Morgan fingerprint density at radius 3 is 2.95 bits per heavy atom. The first kappa shape index (κ1) is 12.7. The lowest BCUT2D eigenvalue weighted by Crippen LogP contribution is -2.22. The number of halogens is 1.